The van der Waals surface area contributed by atoms with E-state index >= 15 is 0 Å². The van der Waals surface area contributed by atoms with Gasteiger partial charge in [0.2, 0.25) is 11.8 Å². The summed E-state index contributed by atoms with van der Waals surface area (Å²) in [6.45, 7) is 4.24. The zero-order valence-corrected chi connectivity index (χ0v) is 17.9. The lowest BCUT2D eigenvalue weighted by molar-refractivity contribution is -0.140. The Kier molecular flexibility index (Phi) is 7.32. The largest absolute Gasteiger partial charge is 0.352 e. The average molecular weight is 413 g/mol. The zero-order valence-electron chi connectivity index (χ0n) is 17.2. The lowest BCUT2D eigenvalue weighted by Gasteiger charge is -2.30. The first-order chi connectivity index (χ1) is 13.9. The fourth-order valence-electron chi connectivity index (χ4n) is 3.90. The predicted molar refractivity (Wildman–Crippen MR) is 117 cm³/mol. The van der Waals surface area contributed by atoms with Crippen LogP contribution in [-0.2, 0) is 22.6 Å². The summed E-state index contributed by atoms with van der Waals surface area (Å²) in [5, 5.41) is 3.73. The number of halogens is 1. The normalized spacial score (nSPS) is 15.1. The fourth-order valence-corrected chi connectivity index (χ4v) is 4.12. The van der Waals surface area contributed by atoms with E-state index in [4.69, 9.17) is 11.6 Å². The van der Waals surface area contributed by atoms with E-state index in [1.165, 1.54) is 0 Å². The van der Waals surface area contributed by atoms with Gasteiger partial charge in [0.15, 0.2) is 0 Å². The van der Waals surface area contributed by atoms with Gasteiger partial charge < -0.3 is 10.2 Å². The highest BCUT2D eigenvalue weighted by Crippen LogP contribution is 2.19. The van der Waals surface area contributed by atoms with E-state index in [1.54, 1.807) is 17.0 Å². The second-order valence-electron chi connectivity index (χ2n) is 7.98. The van der Waals surface area contributed by atoms with Crippen LogP contribution in [0.4, 0.5) is 0 Å². The molecule has 5 heteroatoms. The molecule has 1 N–H and O–H groups in total. The van der Waals surface area contributed by atoms with Gasteiger partial charge in [0.25, 0.3) is 0 Å². The summed E-state index contributed by atoms with van der Waals surface area (Å²) < 4.78 is 0. The summed E-state index contributed by atoms with van der Waals surface area (Å²) >= 11 is 6.07. The number of nitrogens with one attached hydrogen (secondary N) is 1. The smallest absolute Gasteiger partial charge is 0.242 e. The standard InChI is InChI=1S/C24H29ClN2O2/c1-17-7-5-9-20(13-17)16-27(18(2)24(29)26-22-11-3-4-12-22)23(28)15-19-8-6-10-21(25)14-19/h5-10,13-14,18,22H,3-4,11-12,15-16H2,1-2H3,(H,26,29)/t18-/m0/s1. The van der Waals surface area contributed by atoms with Crippen LogP contribution in [0.5, 0.6) is 0 Å². The molecule has 0 saturated heterocycles. The van der Waals surface area contributed by atoms with Crippen LogP contribution in [0.1, 0.15) is 49.3 Å². The Morgan fingerprint density at radius 3 is 2.48 bits per heavy atom. The molecular formula is C24H29ClN2O2. The molecule has 0 aromatic heterocycles. The van der Waals surface area contributed by atoms with Crippen LogP contribution >= 0.6 is 11.6 Å². The third-order valence-corrected chi connectivity index (χ3v) is 5.78. The van der Waals surface area contributed by atoms with Gasteiger partial charge in [0, 0.05) is 17.6 Å². The van der Waals surface area contributed by atoms with Crippen molar-refractivity contribution >= 4 is 23.4 Å². The highest BCUT2D eigenvalue weighted by Gasteiger charge is 2.28. The lowest BCUT2D eigenvalue weighted by atomic mass is 10.1. The Hall–Kier alpha value is -2.33. The molecule has 3 rings (SSSR count). The fraction of sp³-hybridized carbons (Fsp3) is 0.417. The van der Waals surface area contributed by atoms with Crippen molar-refractivity contribution < 1.29 is 9.59 Å². The Labute approximate surface area is 178 Å². The molecule has 1 saturated carbocycles. The number of aryl methyl sites for hydroxylation is 1. The molecule has 0 aliphatic heterocycles. The minimum Gasteiger partial charge on any atom is -0.352 e. The van der Waals surface area contributed by atoms with Crippen LogP contribution in [0.25, 0.3) is 0 Å². The van der Waals surface area contributed by atoms with E-state index in [2.05, 4.69) is 11.4 Å². The number of nitrogens with zero attached hydrogens (tertiary/aromatic N) is 1. The van der Waals surface area contributed by atoms with Gasteiger partial charge in [-0.15, -0.1) is 0 Å². The van der Waals surface area contributed by atoms with Crippen molar-refractivity contribution in [3.63, 3.8) is 0 Å². The topological polar surface area (TPSA) is 49.4 Å². The van der Waals surface area contributed by atoms with Gasteiger partial charge in [-0.2, -0.15) is 0 Å². The molecule has 2 amide bonds. The van der Waals surface area contributed by atoms with Crippen LogP contribution < -0.4 is 5.32 Å². The monoisotopic (exact) mass is 412 g/mol. The summed E-state index contributed by atoms with van der Waals surface area (Å²) in [6.07, 6.45) is 4.56. The molecule has 1 aliphatic rings. The number of carbonyl (C=O) groups excluding carboxylic acids is 2. The Morgan fingerprint density at radius 1 is 1.10 bits per heavy atom. The molecule has 1 atom stereocenters. The first-order valence-electron chi connectivity index (χ1n) is 10.3. The third-order valence-electron chi connectivity index (χ3n) is 5.55. The second-order valence-corrected chi connectivity index (χ2v) is 8.42. The molecule has 0 radical (unpaired) electrons. The van der Waals surface area contributed by atoms with Gasteiger partial charge in [-0.05, 0) is 49.9 Å². The van der Waals surface area contributed by atoms with Crippen molar-refractivity contribution in [3.8, 4) is 0 Å². The van der Waals surface area contributed by atoms with Crippen molar-refractivity contribution in [2.75, 3.05) is 0 Å². The van der Waals surface area contributed by atoms with E-state index in [-0.39, 0.29) is 24.3 Å². The van der Waals surface area contributed by atoms with Gasteiger partial charge >= 0.3 is 0 Å². The van der Waals surface area contributed by atoms with E-state index in [0.717, 1.165) is 42.4 Å². The summed E-state index contributed by atoms with van der Waals surface area (Å²) in [4.78, 5) is 27.8. The number of benzene rings is 2. The maximum Gasteiger partial charge on any atom is 0.242 e. The number of amides is 2. The first kappa shape index (κ1) is 21.4. The van der Waals surface area contributed by atoms with Crippen molar-refractivity contribution in [2.24, 2.45) is 0 Å². The average Bonchev–Trinajstić information content (AvgIpc) is 3.18. The zero-order chi connectivity index (χ0) is 20.8. The molecule has 0 spiro atoms. The predicted octanol–water partition coefficient (Wildman–Crippen LogP) is 4.67. The summed E-state index contributed by atoms with van der Waals surface area (Å²) in [6, 6.07) is 15.1. The third kappa shape index (κ3) is 6.07. The van der Waals surface area contributed by atoms with Crippen molar-refractivity contribution in [1.82, 2.24) is 10.2 Å². The van der Waals surface area contributed by atoms with E-state index in [1.807, 2.05) is 44.2 Å². The Bertz CT molecular complexity index is 861. The molecule has 1 aliphatic carbocycles. The molecule has 2 aromatic carbocycles. The van der Waals surface area contributed by atoms with Crippen LogP contribution in [0.3, 0.4) is 0 Å². The van der Waals surface area contributed by atoms with Crippen LogP contribution in [0.15, 0.2) is 48.5 Å². The molecule has 0 unspecified atom stereocenters. The maximum atomic E-state index is 13.2. The van der Waals surface area contributed by atoms with Gasteiger partial charge in [0.05, 0.1) is 6.42 Å². The van der Waals surface area contributed by atoms with Crippen molar-refractivity contribution in [1.29, 1.82) is 0 Å². The SMILES string of the molecule is Cc1cccc(CN(C(=O)Cc2cccc(Cl)c2)[C@@H](C)C(=O)NC2CCCC2)c1. The number of rotatable bonds is 7. The molecule has 154 valence electrons. The number of carbonyl (C=O) groups is 2. The van der Waals surface area contributed by atoms with Gasteiger partial charge in [-0.3, -0.25) is 9.59 Å². The molecule has 0 bridgehead atoms. The molecule has 29 heavy (non-hydrogen) atoms. The van der Waals surface area contributed by atoms with E-state index < -0.39 is 6.04 Å². The van der Waals surface area contributed by atoms with Crippen LogP contribution in [-0.4, -0.2) is 28.8 Å². The van der Waals surface area contributed by atoms with Crippen molar-refractivity contribution in [2.45, 2.75) is 64.6 Å². The quantitative estimate of drug-likeness (QED) is 0.718. The van der Waals surface area contributed by atoms with Crippen LogP contribution in [0, 0.1) is 6.92 Å². The molecular weight excluding hydrogens is 384 g/mol. The molecule has 1 fully saturated rings. The summed E-state index contributed by atoms with van der Waals surface area (Å²) in [5.74, 6) is -0.160. The van der Waals surface area contributed by atoms with Gasteiger partial charge in [-0.1, -0.05) is 66.4 Å². The number of hydrogen-bond donors (Lipinski definition) is 1. The first-order valence-corrected chi connectivity index (χ1v) is 10.7. The number of hydrogen-bond acceptors (Lipinski definition) is 2. The maximum absolute atomic E-state index is 13.2. The Morgan fingerprint density at radius 2 is 1.79 bits per heavy atom. The summed E-state index contributed by atoms with van der Waals surface area (Å²) in [5.41, 5.74) is 3.00. The Balaban J connectivity index is 1.77. The van der Waals surface area contributed by atoms with Gasteiger partial charge in [-0.25, -0.2) is 0 Å². The summed E-state index contributed by atoms with van der Waals surface area (Å²) in [7, 11) is 0. The molecule has 2 aromatic rings. The second kappa shape index (κ2) is 9.93. The van der Waals surface area contributed by atoms with Gasteiger partial charge in [0.1, 0.15) is 6.04 Å². The van der Waals surface area contributed by atoms with E-state index in [0.29, 0.717) is 11.6 Å². The van der Waals surface area contributed by atoms with E-state index in [9.17, 15) is 9.59 Å². The minimum atomic E-state index is -0.539. The lowest BCUT2D eigenvalue weighted by Crippen LogP contribution is -2.50. The minimum absolute atomic E-state index is 0.0796. The van der Waals surface area contributed by atoms with Crippen LogP contribution in [0.2, 0.25) is 5.02 Å². The highest BCUT2D eigenvalue weighted by atomic mass is 35.5. The highest BCUT2D eigenvalue weighted by molar-refractivity contribution is 6.30. The molecule has 4 nitrogen and oxygen atoms in total. The molecule has 0 heterocycles. The van der Waals surface area contributed by atoms with Crippen molar-refractivity contribution in [3.05, 3.63) is 70.2 Å².